The SMILES string of the molecule is OC1CCCc2cc(OCc3ccc(Br)cc3)ccc21. The summed E-state index contributed by atoms with van der Waals surface area (Å²) in [6, 6.07) is 14.1. The Labute approximate surface area is 127 Å². The van der Waals surface area contributed by atoms with Crippen molar-refractivity contribution >= 4 is 15.9 Å². The third-order valence-electron chi connectivity index (χ3n) is 3.72. The number of fused-ring (bicyclic) bond motifs is 1. The lowest BCUT2D eigenvalue weighted by Crippen LogP contribution is -2.09. The van der Waals surface area contributed by atoms with Gasteiger partial charge in [-0.1, -0.05) is 34.1 Å². The van der Waals surface area contributed by atoms with Crippen LogP contribution in [0.2, 0.25) is 0 Å². The lowest BCUT2D eigenvalue weighted by atomic mass is 9.89. The van der Waals surface area contributed by atoms with E-state index in [1.54, 1.807) is 0 Å². The molecule has 3 rings (SSSR count). The van der Waals surface area contributed by atoms with E-state index in [2.05, 4.69) is 22.0 Å². The summed E-state index contributed by atoms with van der Waals surface area (Å²) < 4.78 is 6.91. The Balaban J connectivity index is 1.70. The molecule has 0 saturated heterocycles. The Kier molecular flexibility index (Phi) is 4.08. The van der Waals surface area contributed by atoms with Gasteiger partial charge >= 0.3 is 0 Å². The lowest BCUT2D eigenvalue weighted by Gasteiger charge is -2.21. The first kappa shape index (κ1) is 13.7. The molecule has 2 nitrogen and oxygen atoms in total. The van der Waals surface area contributed by atoms with Crippen LogP contribution in [-0.4, -0.2) is 5.11 Å². The van der Waals surface area contributed by atoms with E-state index < -0.39 is 0 Å². The Bertz CT molecular complexity index is 592. The summed E-state index contributed by atoms with van der Waals surface area (Å²) in [4.78, 5) is 0. The van der Waals surface area contributed by atoms with Gasteiger partial charge in [0, 0.05) is 4.47 Å². The minimum atomic E-state index is -0.306. The molecule has 2 aromatic carbocycles. The number of aliphatic hydroxyl groups is 1. The first-order chi connectivity index (χ1) is 9.72. The second-order valence-corrected chi connectivity index (χ2v) is 6.10. The van der Waals surface area contributed by atoms with Crippen molar-refractivity contribution in [3.63, 3.8) is 0 Å². The van der Waals surface area contributed by atoms with E-state index in [4.69, 9.17) is 4.74 Å². The first-order valence-corrected chi connectivity index (χ1v) is 7.70. The molecule has 3 heteroatoms. The fraction of sp³-hybridized carbons (Fsp3) is 0.294. The van der Waals surface area contributed by atoms with Crippen LogP contribution >= 0.6 is 15.9 Å². The number of rotatable bonds is 3. The van der Waals surface area contributed by atoms with Crippen LogP contribution in [0.15, 0.2) is 46.9 Å². The van der Waals surface area contributed by atoms with E-state index in [0.717, 1.165) is 40.6 Å². The smallest absolute Gasteiger partial charge is 0.120 e. The molecule has 1 atom stereocenters. The number of hydrogen-bond acceptors (Lipinski definition) is 2. The highest BCUT2D eigenvalue weighted by atomic mass is 79.9. The molecule has 0 spiro atoms. The zero-order valence-electron chi connectivity index (χ0n) is 11.2. The fourth-order valence-corrected chi connectivity index (χ4v) is 2.87. The second kappa shape index (κ2) is 5.98. The molecule has 0 amide bonds. The van der Waals surface area contributed by atoms with E-state index >= 15 is 0 Å². The Morgan fingerprint density at radius 2 is 1.95 bits per heavy atom. The van der Waals surface area contributed by atoms with Crippen molar-refractivity contribution < 1.29 is 9.84 Å². The molecule has 1 aliphatic rings. The van der Waals surface area contributed by atoms with Crippen LogP contribution < -0.4 is 4.74 Å². The predicted molar refractivity (Wildman–Crippen MR) is 82.8 cm³/mol. The van der Waals surface area contributed by atoms with Crippen LogP contribution in [-0.2, 0) is 13.0 Å². The molecule has 104 valence electrons. The van der Waals surface area contributed by atoms with Gasteiger partial charge in [0.1, 0.15) is 12.4 Å². The van der Waals surface area contributed by atoms with E-state index in [-0.39, 0.29) is 6.10 Å². The minimum absolute atomic E-state index is 0.306. The van der Waals surface area contributed by atoms with Gasteiger partial charge in [-0.3, -0.25) is 0 Å². The third-order valence-corrected chi connectivity index (χ3v) is 4.24. The molecule has 0 aromatic heterocycles. The van der Waals surface area contributed by atoms with E-state index in [9.17, 15) is 5.11 Å². The van der Waals surface area contributed by atoms with Gasteiger partial charge in [0.2, 0.25) is 0 Å². The first-order valence-electron chi connectivity index (χ1n) is 6.90. The van der Waals surface area contributed by atoms with Gasteiger partial charge in [0.25, 0.3) is 0 Å². The number of halogens is 1. The maximum Gasteiger partial charge on any atom is 0.120 e. The van der Waals surface area contributed by atoms with E-state index in [1.165, 1.54) is 5.56 Å². The van der Waals surface area contributed by atoms with Crippen molar-refractivity contribution in [3.05, 3.63) is 63.6 Å². The molecular formula is C17H17BrO2. The van der Waals surface area contributed by atoms with Crippen molar-refractivity contribution in [2.45, 2.75) is 32.0 Å². The molecule has 0 heterocycles. The van der Waals surface area contributed by atoms with Crippen molar-refractivity contribution in [1.82, 2.24) is 0 Å². The van der Waals surface area contributed by atoms with Crippen LogP contribution in [0.1, 0.15) is 35.6 Å². The van der Waals surface area contributed by atoms with Crippen molar-refractivity contribution in [2.24, 2.45) is 0 Å². The topological polar surface area (TPSA) is 29.5 Å². The number of ether oxygens (including phenoxy) is 1. The molecule has 0 aliphatic heterocycles. The zero-order chi connectivity index (χ0) is 13.9. The van der Waals surface area contributed by atoms with Gasteiger partial charge in [0.15, 0.2) is 0 Å². The number of aryl methyl sites for hydroxylation is 1. The van der Waals surface area contributed by atoms with Gasteiger partial charge in [-0.05, 0) is 60.2 Å². The highest BCUT2D eigenvalue weighted by Gasteiger charge is 2.18. The summed E-state index contributed by atoms with van der Waals surface area (Å²) in [5.41, 5.74) is 3.43. The third kappa shape index (κ3) is 3.05. The molecule has 2 aromatic rings. The molecule has 0 bridgehead atoms. The molecular weight excluding hydrogens is 316 g/mol. The molecule has 1 N–H and O–H groups in total. The molecule has 1 unspecified atom stereocenters. The number of aliphatic hydroxyl groups excluding tert-OH is 1. The quantitative estimate of drug-likeness (QED) is 0.902. The van der Waals surface area contributed by atoms with Crippen LogP contribution in [0, 0.1) is 0 Å². The monoisotopic (exact) mass is 332 g/mol. The summed E-state index contributed by atoms with van der Waals surface area (Å²) >= 11 is 3.42. The van der Waals surface area contributed by atoms with Crippen molar-refractivity contribution in [2.75, 3.05) is 0 Å². The molecule has 0 radical (unpaired) electrons. The number of benzene rings is 2. The highest BCUT2D eigenvalue weighted by molar-refractivity contribution is 9.10. The fourth-order valence-electron chi connectivity index (χ4n) is 2.60. The van der Waals surface area contributed by atoms with Gasteiger partial charge in [-0.15, -0.1) is 0 Å². The average molecular weight is 333 g/mol. The maximum absolute atomic E-state index is 9.94. The summed E-state index contributed by atoms with van der Waals surface area (Å²) in [7, 11) is 0. The van der Waals surface area contributed by atoms with Crippen LogP contribution in [0.4, 0.5) is 0 Å². The lowest BCUT2D eigenvalue weighted by molar-refractivity contribution is 0.156. The van der Waals surface area contributed by atoms with Crippen molar-refractivity contribution in [3.8, 4) is 5.75 Å². The summed E-state index contributed by atoms with van der Waals surface area (Å²) in [6.45, 7) is 0.564. The predicted octanol–water partition coefficient (Wildman–Crippen LogP) is 4.40. The molecule has 1 aliphatic carbocycles. The second-order valence-electron chi connectivity index (χ2n) is 5.18. The highest BCUT2D eigenvalue weighted by Crippen LogP contribution is 2.32. The molecule has 0 saturated carbocycles. The normalized spacial score (nSPS) is 17.6. The average Bonchev–Trinajstić information content (AvgIpc) is 2.47. The van der Waals surface area contributed by atoms with Gasteiger partial charge in [-0.25, -0.2) is 0 Å². The van der Waals surface area contributed by atoms with Gasteiger partial charge in [-0.2, -0.15) is 0 Å². The Morgan fingerprint density at radius 1 is 1.15 bits per heavy atom. The largest absolute Gasteiger partial charge is 0.489 e. The van der Waals surface area contributed by atoms with Crippen LogP contribution in [0.3, 0.4) is 0 Å². The van der Waals surface area contributed by atoms with Crippen molar-refractivity contribution in [1.29, 1.82) is 0 Å². The summed E-state index contributed by atoms with van der Waals surface area (Å²) in [5, 5.41) is 9.94. The molecule has 0 fully saturated rings. The van der Waals surface area contributed by atoms with Crippen LogP contribution in [0.5, 0.6) is 5.75 Å². The summed E-state index contributed by atoms with van der Waals surface area (Å²) in [6.07, 6.45) is 2.64. The minimum Gasteiger partial charge on any atom is -0.489 e. The zero-order valence-corrected chi connectivity index (χ0v) is 12.8. The number of hydrogen-bond donors (Lipinski definition) is 1. The standard InChI is InChI=1S/C17H17BrO2/c18-14-6-4-12(5-7-14)11-20-15-8-9-16-13(10-15)2-1-3-17(16)19/h4-10,17,19H,1-3,11H2. The van der Waals surface area contributed by atoms with E-state index in [1.807, 2.05) is 36.4 Å². The Hall–Kier alpha value is -1.32. The van der Waals surface area contributed by atoms with Gasteiger partial charge < -0.3 is 9.84 Å². The van der Waals surface area contributed by atoms with Crippen LogP contribution in [0.25, 0.3) is 0 Å². The Morgan fingerprint density at radius 3 is 2.75 bits per heavy atom. The molecule has 20 heavy (non-hydrogen) atoms. The van der Waals surface area contributed by atoms with E-state index in [0.29, 0.717) is 6.61 Å². The summed E-state index contributed by atoms with van der Waals surface area (Å²) in [5.74, 6) is 0.876. The van der Waals surface area contributed by atoms with Gasteiger partial charge in [0.05, 0.1) is 6.10 Å². The maximum atomic E-state index is 9.94.